The summed E-state index contributed by atoms with van der Waals surface area (Å²) in [5.41, 5.74) is 22.6. The molecule has 0 bridgehead atoms. The predicted molar refractivity (Wildman–Crippen MR) is 592 cm³/mol. The van der Waals surface area contributed by atoms with Crippen molar-refractivity contribution in [2.75, 3.05) is 5.75 Å². The first kappa shape index (κ1) is 129. The quantitative estimate of drug-likeness (QED) is 0.0171. The number of nitrogens with one attached hydrogen (secondary N) is 1. The van der Waals surface area contributed by atoms with Crippen molar-refractivity contribution in [2.24, 2.45) is 15.3 Å². The number of nitriles is 5. The third-order valence-corrected chi connectivity index (χ3v) is 25.8. The van der Waals surface area contributed by atoms with Crippen LogP contribution < -0.4 is 28.7 Å². The van der Waals surface area contributed by atoms with E-state index < -0.39 is 73.0 Å². The van der Waals surface area contributed by atoms with E-state index in [1.807, 2.05) is 159 Å². The van der Waals surface area contributed by atoms with Crippen LogP contribution in [-0.2, 0) is 56.8 Å². The van der Waals surface area contributed by atoms with Gasteiger partial charge in [0.2, 0.25) is 0 Å². The van der Waals surface area contributed by atoms with Crippen molar-refractivity contribution in [3.63, 3.8) is 0 Å². The molecular weight excluding hydrogens is 2140 g/mol. The van der Waals surface area contributed by atoms with Gasteiger partial charge in [0.15, 0.2) is 12.6 Å². The minimum Gasteiger partial charge on any atom is -1.00 e. The fourth-order valence-electron chi connectivity index (χ4n) is 12.8. The molecular formula is C109H102BBrCl5F3MgN14O10S4. The Morgan fingerprint density at radius 3 is 1.32 bits per heavy atom. The molecule has 15 aromatic rings. The molecule has 0 spiro atoms. The summed E-state index contributed by atoms with van der Waals surface area (Å²) in [6.07, 6.45) is 13.6. The average molecular weight is 2250 g/mol. The average Bonchev–Trinajstić information content (AvgIpc) is 1.21. The fourth-order valence-corrected chi connectivity index (χ4v) is 15.6. The fraction of sp³-hybridized carbons (Fsp3) is 0.165. The number of benzene rings is 9. The molecule has 9 aromatic carbocycles. The topological polar surface area (TPSA) is 447 Å². The molecule has 0 radical (unpaired) electrons. The zero-order chi connectivity index (χ0) is 106. The standard InChI is InChI=1S/C25H24ClFN2OS.C20H15ClFN3.C17H17N3OS.C13H8N2O.C10H9NO3.C7H6BNO2.C7H5ClF.C6H4BrNO.C4H11NOS.2ClH.Mg.H2S/c1-25(2,3)31(30)16-20(11-18-12-21(26)14-22(27)13-18)24-23(8-5-9-29-24)19-7-4-6-17(10-19)15-28;21-16-8-14(9-17(22)11-16)10-19(24)20-18(5-2-6-25-20)15-4-1-3-13(7-15)12-23;1-17(2,3)22(21)20-12-16-15(8-5-9-19-16)14-7-4-6-13(10-14)11-18;14-8-10-3-1-4-11(7-10)12-5-2-6-15-13(12)9-16;12-7-1-2-9-8(4-7)6(5-11-9)3-10(13)14;9-5-6-2-1-3-7(4-6)8(10)11;1-5-2-6(8)4-7(9)3-5;7-5-2-1-3-8-6(5)4-9;1-4(2,3)7(5)6;;;;/h4-10,12-14,20H,11,16H2,1-3H3;1-9,11,19H,10,24H2;4-10,12H,1-3H3;1-7,9H;1-2,4-5,11-12H,3H2,(H,13,14);1-4,10-11H;2-4H,1H2;1-4H;5H2,1-3H3;2*1H;;1H2/q;;;;;;-1;;;;;+2;/p-1/t20-,31?;19-;22-;;;;;;7-;;;;/m100.....0..../s1. The molecule has 6 aromatic heterocycles. The van der Waals surface area contributed by atoms with Gasteiger partial charge < -0.3 is 43.4 Å². The number of rotatable bonds is 19. The third kappa shape index (κ3) is 43.5. The molecule has 9 N–H and O–H groups in total. The zero-order valence-corrected chi connectivity index (χ0v) is 91.7. The monoisotopic (exact) mass is 2240 g/mol. The molecule has 6 heterocycles. The molecule has 0 saturated carbocycles. The van der Waals surface area contributed by atoms with E-state index in [1.165, 1.54) is 48.7 Å². The van der Waals surface area contributed by atoms with E-state index in [0.717, 1.165) is 71.1 Å². The number of carbonyl (C=O) groups excluding carboxylic acids is 2. The van der Waals surface area contributed by atoms with Crippen LogP contribution in [0.3, 0.4) is 0 Å². The number of aldehydes is 2. The van der Waals surface area contributed by atoms with Gasteiger partial charge in [0.25, 0.3) is 0 Å². The van der Waals surface area contributed by atoms with Crippen molar-refractivity contribution in [2.45, 2.75) is 108 Å². The van der Waals surface area contributed by atoms with Crippen LogP contribution in [0.15, 0.2) is 301 Å². The summed E-state index contributed by atoms with van der Waals surface area (Å²) < 4.78 is 79.0. The van der Waals surface area contributed by atoms with Crippen LogP contribution in [0.2, 0.25) is 15.1 Å². The predicted octanol–water partition coefficient (Wildman–Crippen LogP) is 19.5. The first-order chi connectivity index (χ1) is 68.4. The van der Waals surface area contributed by atoms with Crippen LogP contribution in [0.1, 0.15) is 162 Å². The van der Waals surface area contributed by atoms with Crippen LogP contribution in [0.5, 0.6) is 5.75 Å². The number of phenolic OH excluding ortho intramolecular Hbond substituents is 1. The largest absolute Gasteiger partial charge is 2.00 e. The van der Waals surface area contributed by atoms with Gasteiger partial charge in [0.05, 0.1) is 120 Å². The van der Waals surface area contributed by atoms with E-state index in [2.05, 4.69) is 81.4 Å². The summed E-state index contributed by atoms with van der Waals surface area (Å²) in [6.45, 7) is 20.5. The molecule has 0 aliphatic heterocycles. The molecule has 0 amide bonds. The summed E-state index contributed by atoms with van der Waals surface area (Å²) in [7, 11) is -5.15. The molecule has 148 heavy (non-hydrogen) atoms. The molecule has 39 heteroatoms. The number of halogens is 9. The normalized spacial score (nSPS) is 11.3. The number of nitrogens with two attached hydrogens (primary N) is 2. The van der Waals surface area contributed by atoms with Crippen molar-refractivity contribution >= 4 is 181 Å². The molecule has 15 rings (SSSR count). The molecule has 0 aliphatic carbocycles. The van der Waals surface area contributed by atoms with E-state index in [0.29, 0.717) is 119 Å². The van der Waals surface area contributed by atoms with Gasteiger partial charge in [0, 0.05) is 112 Å². The van der Waals surface area contributed by atoms with Crippen molar-refractivity contribution in [1.29, 1.82) is 26.3 Å². The van der Waals surface area contributed by atoms with Crippen LogP contribution in [0.4, 0.5) is 13.2 Å². The smallest absolute Gasteiger partial charge is 1.00 e. The number of carboxylic acid groups (broad SMARTS) is 1. The number of hydrogen-bond donors (Lipinski definition) is 7. The summed E-state index contributed by atoms with van der Waals surface area (Å²) in [5, 5.41) is 86.7. The van der Waals surface area contributed by atoms with Crippen molar-refractivity contribution < 1.29 is 72.8 Å². The number of phenols is 1. The Hall–Kier alpha value is -12.9. The maximum Gasteiger partial charge on any atom is 2.00 e. The van der Waals surface area contributed by atoms with Crippen LogP contribution in [0, 0.1) is 81.0 Å². The van der Waals surface area contributed by atoms with E-state index in [1.54, 1.807) is 159 Å². The second-order valence-corrected chi connectivity index (χ2v) is 42.2. The Labute approximate surface area is 925 Å². The van der Waals surface area contributed by atoms with E-state index in [4.69, 9.17) is 81.9 Å². The summed E-state index contributed by atoms with van der Waals surface area (Å²) in [6, 6.07) is 81.4. The number of aromatic hydroxyl groups is 1. The number of pyridine rings is 5. The number of aromatic nitrogens is 6. The Kier molecular flexibility index (Phi) is 56.2. The summed E-state index contributed by atoms with van der Waals surface area (Å²) in [4.78, 5) is 55.5. The maximum absolute atomic E-state index is 14.0. The number of nitrogens with zero attached hydrogens (tertiary/aromatic N) is 11. The van der Waals surface area contributed by atoms with Gasteiger partial charge in [-0.05, 0) is 298 Å². The number of aliphatic carboxylic acids is 1. The van der Waals surface area contributed by atoms with Crippen LogP contribution in [0.25, 0.3) is 55.4 Å². The number of fused-ring (bicyclic) bond motifs is 1. The van der Waals surface area contributed by atoms with E-state index >= 15 is 0 Å². The summed E-state index contributed by atoms with van der Waals surface area (Å²) >= 11 is 20.6. The van der Waals surface area contributed by atoms with Gasteiger partial charge in [-0.3, -0.25) is 48.7 Å². The molecule has 1 unspecified atom stereocenters. The first-order valence-corrected chi connectivity index (χ1v) is 49.1. The van der Waals surface area contributed by atoms with E-state index in [-0.39, 0.29) is 90.0 Å². The molecule has 0 fully saturated rings. The number of carboxylic acids is 1. The van der Waals surface area contributed by atoms with Crippen LogP contribution in [-0.4, -0.2) is 138 Å². The Morgan fingerprint density at radius 2 is 0.912 bits per heavy atom. The second kappa shape index (κ2) is 64.3. The SMILES string of the molecule is CC(C)(C)S(=O)C[C@@H](Cc1cc(F)cc(Cl)c1)c1ncccc1-c1cccc(C#N)c1.CC(C)(C)[S@@](N)=O.CC(C)(C)[S@](=O)N=Cc1ncccc1-c1cccc(C#N)c1.Cl.N#Cc1cccc(-c2cccnc2C=O)c1.N#Cc1cccc(-c2cccnc2[C@@H](N)Cc2cc(F)cc(Cl)c2)c1.N#Cc1cccc(B(O)O)c1.O=C(O)Cc1c[nH]c2ccc(O)cc12.O=Cc1ncccc1Br.S.[CH2-]c1cc(F)cc(Cl)c1.[Cl-].[Mg+2]. The number of hydrogen-bond acceptors (Lipinski definition) is 20. The Bertz CT molecular complexity index is 7240. The van der Waals surface area contributed by atoms with Gasteiger partial charge in [-0.15, -0.1) is 24.5 Å². The minimum atomic E-state index is -1.50. The molecule has 5 atom stereocenters. The van der Waals surface area contributed by atoms with Gasteiger partial charge in [-0.25, -0.2) is 21.6 Å². The Morgan fingerprint density at radius 1 is 0.520 bits per heavy atom. The molecule has 0 aliphatic rings. The third-order valence-electron chi connectivity index (χ3n) is 19.9. The molecule has 760 valence electrons. The number of H-pyrrole nitrogens is 1. The van der Waals surface area contributed by atoms with Crippen molar-refractivity contribution in [1.82, 2.24) is 29.9 Å². The van der Waals surface area contributed by atoms with Crippen molar-refractivity contribution in [3.05, 3.63) is 414 Å². The zero-order valence-electron chi connectivity index (χ0n) is 81.4. The van der Waals surface area contributed by atoms with Crippen molar-refractivity contribution in [3.8, 4) is 80.6 Å². The van der Waals surface area contributed by atoms with Gasteiger partial charge >= 0.3 is 36.1 Å². The van der Waals surface area contributed by atoms with Gasteiger partial charge in [0.1, 0.15) is 39.8 Å². The molecule has 24 nitrogen and oxygen atoms in total. The van der Waals surface area contributed by atoms with Gasteiger partial charge in [-0.1, -0.05) is 120 Å². The van der Waals surface area contributed by atoms with E-state index in [9.17, 15) is 50.5 Å². The first-order valence-electron chi connectivity index (χ1n) is 43.5. The minimum absolute atomic E-state index is 0. The number of aromatic amines is 1. The summed E-state index contributed by atoms with van der Waals surface area (Å²) in [5.74, 6) is -1.72. The maximum atomic E-state index is 14.0. The second-order valence-electron chi connectivity index (χ2n) is 34.0. The molecule has 0 saturated heterocycles. The Balaban J connectivity index is 0.000000441. The van der Waals surface area contributed by atoms with Gasteiger partial charge in [-0.2, -0.15) is 56.7 Å². The number of carbonyl (C=O) groups is 3. The van der Waals surface area contributed by atoms with Crippen LogP contribution >= 0.6 is 76.6 Å².